The molecule has 0 unspecified atom stereocenters. The normalized spacial score (nSPS) is 12.8. The van der Waals surface area contributed by atoms with Gasteiger partial charge in [-0.05, 0) is 69.7 Å². The largest absolute Gasteiger partial charge is 0.343 e. The van der Waals surface area contributed by atoms with Crippen LogP contribution in [0.2, 0.25) is 0 Å². The minimum Gasteiger partial charge on any atom is -0.343 e. The second kappa shape index (κ2) is 8.17. The maximum Gasteiger partial charge on any atom is 0.259 e. The number of hydrogen-bond acceptors (Lipinski definition) is 3. The monoisotopic (exact) mass is 449 g/mol. The molecule has 3 aromatic rings. The second-order valence-electron chi connectivity index (χ2n) is 7.01. The van der Waals surface area contributed by atoms with Crippen LogP contribution in [0.15, 0.2) is 64.2 Å². The predicted molar refractivity (Wildman–Crippen MR) is 118 cm³/mol. The number of hydrogen-bond donors (Lipinski definition) is 2. The molecule has 2 amide bonds. The van der Waals surface area contributed by atoms with Gasteiger partial charge in [0.2, 0.25) is 0 Å². The van der Waals surface area contributed by atoms with Crippen molar-refractivity contribution in [1.29, 1.82) is 0 Å². The molecule has 2 N–H and O–H groups in total. The van der Waals surface area contributed by atoms with Crippen LogP contribution < -0.4 is 10.7 Å². The maximum atomic E-state index is 12.2. The minimum absolute atomic E-state index is 0.152. The zero-order valence-electron chi connectivity index (χ0n) is 16.0. The van der Waals surface area contributed by atoms with Crippen LogP contribution in [0.3, 0.4) is 0 Å². The first-order valence-corrected chi connectivity index (χ1v) is 10.2. The van der Waals surface area contributed by atoms with Crippen molar-refractivity contribution in [3.8, 4) is 0 Å². The molecule has 0 heterocycles. The van der Waals surface area contributed by atoms with Crippen LogP contribution in [-0.4, -0.2) is 24.1 Å². The lowest BCUT2D eigenvalue weighted by atomic mass is 9.98. The average molecular weight is 450 g/mol. The predicted octanol–water partition coefficient (Wildman–Crippen LogP) is 3.97. The third-order valence-corrected chi connectivity index (χ3v) is 5.83. The van der Waals surface area contributed by atoms with Gasteiger partial charge < -0.3 is 5.32 Å². The molecular weight excluding hydrogens is 430 g/mol. The number of amides is 2. The van der Waals surface area contributed by atoms with E-state index in [9.17, 15) is 9.59 Å². The summed E-state index contributed by atoms with van der Waals surface area (Å²) >= 11 is 3.33. The molecule has 0 saturated carbocycles. The Labute approximate surface area is 177 Å². The summed E-state index contributed by atoms with van der Waals surface area (Å²) in [6, 6.07) is 17.6. The quantitative estimate of drug-likeness (QED) is 0.456. The van der Waals surface area contributed by atoms with Crippen molar-refractivity contribution in [1.82, 2.24) is 10.7 Å². The molecule has 0 fully saturated rings. The SMILES string of the molecule is C/C(=N\NC(=O)CNC(=O)c1ccccc1Br)c1ccc2c3c(cccc13)CC2. The number of hydrazone groups is 1. The van der Waals surface area contributed by atoms with E-state index in [0.717, 1.165) is 29.5 Å². The first kappa shape index (κ1) is 19.3. The molecule has 0 spiro atoms. The summed E-state index contributed by atoms with van der Waals surface area (Å²) in [6.07, 6.45) is 2.14. The second-order valence-corrected chi connectivity index (χ2v) is 7.86. The van der Waals surface area contributed by atoms with Crippen molar-refractivity contribution in [3.63, 3.8) is 0 Å². The molecule has 4 rings (SSSR count). The van der Waals surface area contributed by atoms with E-state index in [-0.39, 0.29) is 18.4 Å². The molecule has 0 aromatic heterocycles. The van der Waals surface area contributed by atoms with Gasteiger partial charge in [-0.25, -0.2) is 5.43 Å². The van der Waals surface area contributed by atoms with Crippen LogP contribution in [0.1, 0.15) is 34.0 Å². The Hall–Kier alpha value is -2.99. The van der Waals surface area contributed by atoms with Gasteiger partial charge in [-0.2, -0.15) is 5.10 Å². The molecule has 6 heteroatoms. The summed E-state index contributed by atoms with van der Waals surface area (Å²) in [5.41, 5.74) is 7.48. The van der Waals surface area contributed by atoms with Gasteiger partial charge in [-0.1, -0.05) is 42.5 Å². The van der Waals surface area contributed by atoms with Gasteiger partial charge in [0, 0.05) is 10.0 Å². The van der Waals surface area contributed by atoms with Crippen LogP contribution in [0.5, 0.6) is 0 Å². The molecule has 146 valence electrons. The number of rotatable bonds is 5. The Morgan fingerprint density at radius 2 is 1.72 bits per heavy atom. The van der Waals surface area contributed by atoms with Gasteiger partial charge >= 0.3 is 0 Å². The van der Waals surface area contributed by atoms with Gasteiger partial charge in [-0.3, -0.25) is 9.59 Å². The van der Waals surface area contributed by atoms with Crippen molar-refractivity contribution in [3.05, 3.63) is 81.3 Å². The highest BCUT2D eigenvalue weighted by Crippen LogP contribution is 2.32. The third kappa shape index (κ3) is 3.93. The van der Waals surface area contributed by atoms with Crippen LogP contribution in [0, 0.1) is 0 Å². The lowest BCUT2D eigenvalue weighted by molar-refractivity contribution is -0.120. The number of benzene rings is 3. The van der Waals surface area contributed by atoms with Gasteiger partial charge in [0.05, 0.1) is 17.8 Å². The van der Waals surface area contributed by atoms with Gasteiger partial charge in [0.25, 0.3) is 11.8 Å². The topological polar surface area (TPSA) is 70.6 Å². The molecule has 0 saturated heterocycles. The molecule has 29 heavy (non-hydrogen) atoms. The van der Waals surface area contributed by atoms with E-state index in [1.54, 1.807) is 18.2 Å². The van der Waals surface area contributed by atoms with E-state index >= 15 is 0 Å². The Morgan fingerprint density at radius 1 is 0.966 bits per heavy atom. The summed E-state index contributed by atoms with van der Waals surface area (Å²) in [5, 5.41) is 9.33. The highest BCUT2D eigenvalue weighted by molar-refractivity contribution is 9.10. The van der Waals surface area contributed by atoms with Gasteiger partial charge in [0.1, 0.15) is 0 Å². The lowest BCUT2D eigenvalue weighted by Gasteiger charge is -2.09. The fourth-order valence-corrected chi connectivity index (χ4v) is 4.17. The molecule has 1 aliphatic carbocycles. The number of carbonyl (C=O) groups is 2. The van der Waals surface area contributed by atoms with E-state index in [1.807, 2.05) is 13.0 Å². The molecule has 0 aliphatic heterocycles. The van der Waals surface area contributed by atoms with Crippen molar-refractivity contribution in [2.45, 2.75) is 19.8 Å². The fourth-order valence-electron chi connectivity index (χ4n) is 3.71. The molecule has 0 radical (unpaired) electrons. The highest BCUT2D eigenvalue weighted by atomic mass is 79.9. The molecule has 0 atom stereocenters. The van der Waals surface area contributed by atoms with Crippen molar-refractivity contribution in [2.24, 2.45) is 5.10 Å². The zero-order chi connectivity index (χ0) is 20.4. The minimum atomic E-state index is -0.379. The number of aryl methyl sites for hydroxylation is 2. The van der Waals surface area contributed by atoms with E-state index in [0.29, 0.717) is 10.0 Å². The Kier molecular flexibility index (Phi) is 5.45. The smallest absolute Gasteiger partial charge is 0.259 e. The number of nitrogens with zero attached hydrogens (tertiary/aromatic N) is 1. The maximum absolute atomic E-state index is 12.2. The van der Waals surface area contributed by atoms with E-state index < -0.39 is 0 Å². The molecule has 3 aromatic carbocycles. The fraction of sp³-hybridized carbons (Fsp3) is 0.174. The van der Waals surface area contributed by atoms with E-state index in [4.69, 9.17) is 0 Å². The summed E-state index contributed by atoms with van der Waals surface area (Å²) in [5.74, 6) is -0.698. The Morgan fingerprint density at radius 3 is 2.52 bits per heavy atom. The molecular formula is C23H20BrN3O2. The average Bonchev–Trinajstić information content (AvgIpc) is 3.16. The highest BCUT2D eigenvalue weighted by Gasteiger charge is 2.17. The Balaban J connectivity index is 1.43. The zero-order valence-corrected chi connectivity index (χ0v) is 17.5. The number of nitrogens with one attached hydrogen (secondary N) is 2. The van der Waals surface area contributed by atoms with Crippen LogP contribution in [0.25, 0.3) is 10.8 Å². The molecule has 1 aliphatic rings. The number of halogens is 1. The van der Waals surface area contributed by atoms with Crippen molar-refractivity contribution in [2.75, 3.05) is 6.54 Å². The summed E-state index contributed by atoms with van der Waals surface area (Å²) in [6.45, 7) is 1.72. The van der Waals surface area contributed by atoms with Crippen LogP contribution >= 0.6 is 15.9 Å². The first-order valence-electron chi connectivity index (χ1n) is 9.44. The lowest BCUT2D eigenvalue weighted by Crippen LogP contribution is -2.35. The van der Waals surface area contributed by atoms with E-state index in [2.05, 4.69) is 62.1 Å². The first-order chi connectivity index (χ1) is 14.0. The van der Waals surface area contributed by atoms with Crippen molar-refractivity contribution >= 4 is 44.2 Å². The van der Waals surface area contributed by atoms with Gasteiger partial charge in [0.15, 0.2) is 0 Å². The molecule has 5 nitrogen and oxygen atoms in total. The van der Waals surface area contributed by atoms with Crippen LogP contribution in [0.4, 0.5) is 0 Å². The standard InChI is InChI=1S/C23H20BrN3O2/c1-14(17-12-11-16-10-9-15-5-4-7-18(17)22(15)16)26-27-21(28)13-25-23(29)19-6-2-3-8-20(19)24/h2-8,11-12H,9-10,13H2,1H3,(H,25,29)(H,27,28)/b26-14+. The summed E-state index contributed by atoms with van der Waals surface area (Å²) in [4.78, 5) is 24.3. The summed E-state index contributed by atoms with van der Waals surface area (Å²) in [7, 11) is 0. The van der Waals surface area contributed by atoms with Crippen molar-refractivity contribution < 1.29 is 9.59 Å². The Bertz CT molecular complexity index is 1140. The van der Waals surface area contributed by atoms with Gasteiger partial charge in [-0.15, -0.1) is 0 Å². The molecule has 0 bridgehead atoms. The third-order valence-electron chi connectivity index (χ3n) is 5.14. The van der Waals surface area contributed by atoms with E-state index in [1.165, 1.54) is 16.5 Å². The number of carbonyl (C=O) groups excluding carboxylic acids is 2. The summed E-state index contributed by atoms with van der Waals surface area (Å²) < 4.78 is 0.679. The van der Waals surface area contributed by atoms with Crippen LogP contribution in [-0.2, 0) is 17.6 Å².